The van der Waals surface area contributed by atoms with E-state index in [-0.39, 0.29) is 28.8 Å². The lowest BCUT2D eigenvalue weighted by molar-refractivity contribution is 0.0698. The van der Waals surface area contributed by atoms with E-state index in [0.717, 1.165) is 11.3 Å². The molecule has 7 nitrogen and oxygen atoms in total. The number of hydrogen-bond donors (Lipinski definition) is 3. The molecule has 0 radical (unpaired) electrons. The number of aliphatic hydroxyl groups is 1. The van der Waals surface area contributed by atoms with Gasteiger partial charge in [-0.05, 0) is 23.9 Å². The molecule has 2 atom stereocenters. The molecule has 3 N–H and O–H groups in total. The molecule has 0 saturated carbocycles. The molecular weight excluding hydrogens is 316 g/mol. The van der Waals surface area contributed by atoms with Gasteiger partial charge in [0.1, 0.15) is 9.77 Å². The summed E-state index contributed by atoms with van der Waals surface area (Å²) in [7, 11) is -3.84. The Morgan fingerprint density at radius 2 is 2.33 bits per heavy atom. The van der Waals surface area contributed by atoms with E-state index >= 15 is 0 Å². The van der Waals surface area contributed by atoms with Crippen LogP contribution in [-0.4, -0.2) is 61.7 Å². The summed E-state index contributed by atoms with van der Waals surface area (Å²) < 4.78 is 26.7. The fourth-order valence-electron chi connectivity index (χ4n) is 3.17. The number of hydrogen-bond acceptors (Lipinski definition) is 6. The lowest BCUT2D eigenvalue weighted by Gasteiger charge is -2.25. The molecule has 9 heteroatoms. The van der Waals surface area contributed by atoms with Crippen LogP contribution in [0.3, 0.4) is 0 Å². The smallest absolute Gasteiger partial charge is 0.347 e. The number of aromatic carboxylic acids is 1. The molecule has 1 aromatic rings. The van der Waals surface area contributed by atoms with Gasteiger partial charge in [0.25, 0.3) is 0 Å². The van der Waals surface area contributed by atoms with E-state index in [9.17, 15) is 18.3 Å². The van der Waals surface area contributed by atoms with Crippen molar-refractivity contribution in [3.05, 3.63) is 16.3 Å². The third-order valence-electron chi connectivity index (χ3n) is 4.41. The van der Waals surface area contributed by atoms with E-state index in [2.05, 4.69) is 5.32 Å². The maximum Gasteiger partial charge on any atom is 0.347 e. The van der Waals surface area contributed by atoms with Gasteiger partial charge in [-0.15, -0.1) is 11.3 Å². The van der Waals surface area contributed by atoms with Crippen molar-refractivity contribution in [1.29, 1.82) is 0 Å². The zero-order valence-corrected chi connectivity index (χ0v) is 12.8. The summed E-state index contributed by atoms with van der Waals surface area (Å²) in [6.45, 7) is 1.70. The first-order valence-corrected chi connectivity index (χ1v) is 8.85. The molecule has 2 aliphatic heterocycles. The Morgan fingerprint density at radius 1 is 1.57 bits per heavy atom. The minimum atomic E-state index is -3.84. The molecule has 2 saturated heterocycles. The van der Waals surface area contributed by atoms with E-state index in [1.165, 1.54) is 15.8 Å². The zero-order valence-electron chi connectivity index (χ0n) is 11.2. The summed E-state index contributed by atoms with van der Waals surface area (Å²) in [6, 6.07) is 1.33. The topological polar surface area (TPSA) is 107 Å². The lowest BCUT2D eigenvalue weighted by Crippen LogP contribution is -2.38. The molecule has 0 bridgehead atoms. The molecule has 1 aromatic heterocycles. The first kappa shape index (κ1) is 14.9. The fraction of sp³-hybridized carbons (Fsp3) is 0.583. The number of sulfonamides is 1. The van der Waals surface area contributed by atoms with Crippen LogP contribution in [0.5, 0.6) is 0 Å². The Labute approximate surface area is 126 Å². The molecule has 0 amide bonds. The highest BCUT2D eigenvalue weighted by Gasteiger charge is 2.52. The number of carbonyl (C=O) groups is 1. The normalized spacial score (nSPS) is 29.7. The summed E-state index contributed by atoms with van der Waals surface area (Å²) in [5, 5.41) is 23.4. The maximum atomic E-state index is 12.7. The van der Waals surface area contributed by atoms with Gasteiger partial charge < -0.3 is 15.5 Å². The van der Waals surface area contributed by atoms with Crippen molar-refractivity contribution < 1.29 is 23.4 Å². The molecule has 2 unspecified atom stereocenters. The van der Waals surface area contributed by atoms with Gasteiger partial charge in [0.2, 0.25) is 10.0 Å². The third kappa shape index (κ3) is 2.20. The van der Waals surface area contributed by atoms with Crippen LogP contribution in [0.25, 0.3) is 0 Å². The SMILES string of the molecule is O=C(O)c1sccc1S(=O)(=O)N1CC2CNCC2(CO)C1. The average molecular weight is 332 g/mol. The first-order chi connectivity index (χ1) is 9.90. The highest BCUT2D eigenvalue weighted by atomic mass is 32.2. The number of fused-ring (bicyclic) bond motifs is 1. The Kier molecular flexibility index (Phi) is 3.57. The molecule has 0 aromatic carbocycles. The Bertz CT molecular complexity index is 671. The number of nitrogens with one attached hydrogen (secondary N) is 1. The van der Waals surface area contributed by atoms with E-state index in [1.807, 2.05) is 0 Å². The largest absolute Gasteiger partial charge is 0.477 e. The lowest BCUT2D eigenvalue weighted by atomic mass is 9.82. The standard InChI is InChI=1S/C12H16N2O5S2/c15-7-12-5-13-3-8(12)4-14(6-12)21(18,19)9-1-2-20-10(9)11(16)17/h1-2,8,13,15H,3-7H2,(H,16,17). The van der Waals surface area contributed by atoms with Gasteiger partial charge in [-0.2, -0.15) is 4.31 Å². The van der Waals surface area contributed by atoms with Crippen molar-refractivity contribution in [1.82, 2.24) is 9.62 Å². The molecule has 0 aliphatic carbocycles. The summed E-state index contributed by atoms with van der Waals surface area (Å²) in [5.41, 5.74) is -0.452. The van der Waals surface area contributed by atoms with Crippen LogP contribution in [0.15, 0.2) is 16.3 Å². The molecule has 116 valence electrons. The van der Waals surface area contributed by atoms with Gasteiger partial charge in [-0.25, -0.2) is 13.2 Å². The maximum absolute atomic E-state index is 12.7. The third-order valence-corrected chi connectivity index (χ3v) is 7.29. The van der Waals surface area contributed by atoms with E-state index in [4.69, 9.17) is 5.11 Å². The van der Waals surface area contributed by atoms with Crippen LogP contribution in [0.4, 0.5) is 0 Å². The van der Waals surface area contributed by atoms with Crippen LogP contribution in [0, 0.1) is 11.3 Å². The van der Waals surface area contributed by atoms with Crippen molar-refractivity contribution in [2.45, 2.75) is 4.90 Å². The second-order valence-corrected chi connectivity index (χ2v) is 8.39. The summed E-state index contributed by atoms with van der Waals surface area (Å²) in [4.78, 5) is 10.8. The molecule has 3 rings (SSSR count). The number of carboxylic acid groups (broad SMARTS) is 1. The second kappa shape index (κ2) is 5.03. The molecule has 2 aliphatic rings. The summed E-state index contributed by atoms with van der Waals surface area (Å²) in [5.74, 6) is -1.18. The van der Waals surface area contributed by atoms with Gasteiger partial charge in [0, 0.05) is 25.0 Å². The zero-order chi connectivity index (χ0) is 15.3. The molecular formula is C12H16N2O5S2. The van der Waals surface area contributed by atoms with Gasteiger partial charge >= 0.3 is 5.97 Å². The molecule has 21 heavy (non-hydrogen) atoms. The number of thiophene rings is 1. The van der Waals surface area contributed by atoms with Gasteiger partial charge in [-0.3, -0.25) is 0 Å². The monoisotopic (exact) mass is 332 g/mol. The van der Waals surface area contributed by atoms with Crippen molar-refractivity contribution in [2.24, 2.45) is 11.3 Å². The van der Waals surface area contributed by atoms with Crippen LogP contribution in [0.1, 0.15) is 9.67 Å². The number of rotatable bonds is 4. The van der Waals surface area contributed by atoms with E-state index in [1.54, 1.807) is 0 Å². The van der Waals surface area contributed by atoms with Gasteiger partial charge in [-0.1, -0.05) is 0 Å². The predicted octanol–water partition coefficient (Wildman–Crippen LogP) is -0.351. The van der Waals surface area contributed by atoms with Gasteiger partial charge in [0.05, 0.1) is 6.61 Å². The number of nitrogens with zero attached hydrogens (tertiary/aromatic N) is 1. The van der Waals surface area contributed by atoms with E-state index in [0.29, 0.717) is 19.6 Å². The van der Waals surface area contributed by atoms with Crippen LogP contribution < -0.4 is 5.32 Å². The second-order valence-electron chi connectivity index (χ2n) is 5.56. The minimum Gasteiger partial charge on any atom is -0.477 e. The number of aliphatic hydroxyl groups excluding tert-OH is 1. The highest BCUT2D eigenvalue weighted by molar-refractivity contribution is 7.89. The first-order valence-electron chi connectivity index (χ1n) is 6.53. The van der Waals surface area contributed by atoms with Crippen molar-refractivity contribution in [2.75, 3.05) is 32.8 Å². The van der Waals surface area contributed by atoms with Crippen molar-refractivity contribution in [3.63, 3.8) is 0 Å². The average Bonchev–Trinajstić information content (AvgIpc) is 3.12. The summed E-state index contributed by atoms with van der Waals surface area (Å²) >= 11 is 0.902. The van der Waals surface area contributed by atoms with Crippen molar-refractivity contribution in [3.8, 4) is 0 Å². The van der Waals surface area contributed by atoms with Crippen LogP contribution in [-0.2, 0) is 10.0 Å². The predicted molar refractivity (Wildman–Crippen MR) is 75.9 cm³/mol. The Balaban J connectivity index is 1.94. The Hall–Kier alpha value is -1.00. The number of carboxylic acids is 1. The summed E-state index contributed by atoms with van der Waals surface area (Å²) in [6.07, 6.45) is 0. The molecule has 3 heterocycles. The van der Waals surface area contributed by atoms with Crippen molar-refractivity contribution >= 4 is 27.3 Å². The minimum absolute atomic E-state index is 0.0594. The van der Waals surface area contributed by atoms with E-state index < -0.39 is 21.4 Å². The highest BCUT2D eigenvalue weighted by Crippen LogP contribution is 2.41. The molecule has 2 fully saturated rings. The van der Waals surface area contributed by atoms with Crippen LogP contribution in [0.2, 0.25) is 0 Å². The Morgan fingerprint density at radius 3 is 2.95 bits per heavy atom. The van der Waals surface area contributed by atoms with Crippen LogP contribution >= 0.6 is 11.3 Å². The quantitative estimate of drug-likeness (QED) is 0.696. The van der Waals surface area contributed by atoms with Gasteiger partial charge in [0.15, 0.2) is 0 Å². The fourth-order valence-corrected chi connectivity index (χ4v) is 5.99. The molecule has 0 spiro atoms.